The van der Waals surface area contributed by atoms with Gasteiger partial charge in [0.15, 0.2) is 0 Å². The zero-order chi connectivity index (χ0) is 18.8. The maximum absolute atomic E-state index is 12.2. The molecule has 26 heavy (non-hydrogen) atoms. The molecule has 1 atom stereocenters. The number of carbonyl (C=O) groups excluding carboxylic acids is 3. The lowest BCUT2D eigenvalue weighted by Crippen LogP contribution is -2.40. The molecule has 0 fully saturated rings. The molecule has 0 radical (unpaired) electrons. The zero-order valence-corrected chi connectivity index (χ0v) is 15.0. The standard InChI is InChI=1S/C19H21N3O4/c1-21(2)17(23)9-15-10-20-18(24)16-8-14(11-22(15)16)12-5-4-6-13(7-12)19(25)26-3/h4-8,11,15H,9-10H2,1-3H3,(H,20,24). The molecule has 2 amide bonds. The molecule has 1 N–H and O–H groups in total. The maximum Gasteiger partial charge on any atom is 0.337 e. The van der Waals surface area contributed by atoms with Crippen molar-refractivity contribution < 1.29 is 19.1 Å². The lowest BCUT2D eigenvalue weighted by Gasteiger charge is -2.27. The van der Waals surface area contributed by atoms with Gasteiger partial charge in [0, 0.05) is 38.8 Å². The predicted molar refractivity (Wildman–Crippen MR) is 95.9 cm³/mol. The van der Waals surface area contributed by atoms with E-state index in [-0.39, 0.29) is 17.9 Å². The van der Waals surface area contributed by atoms with Crippen LogP contribution in [0.5, 0.6) is 0 Å². The fourth-order valence-electron chi connectivity index (χ4n) is 3.02. The van der Waals surface area contributed by atoms with E-state index in [0.29, 0.717) is 24.2 Å². The molecule has 3 rings (SSSR count). The quantitative estimate of drug-likeness (QED) is 0.847. The van der Waals surface area contributed by atoms with Gasteiger partial charge in [0.05, 0.1) is 18.7 Å². The molecule has 1 unspecified atom stereocenters. The number of nitrogens with one attached hydrogen (secondary N) is 1. The SMILES string of the molecule is COC(=O)c1cccc(-c2cc3n(c2)C(CC(=O)N(C)C)CNC3=O)c1. The molecular formula is C19H21N3O4. The monoisotopic (exact) mass is 355 g/mol. The Morgan fingerprint density at radius 2 is 2.04 bits per heavy atom. The van der Waals surface area contributed by atoms with E-state index < -0.39 is 5.97 Å². The molecule has 1 aliphatic heterocycles. The summed E-state index contributed by atoms with van der Waals surface area (Å²) in [5, 5.41) is 2.83. The molecule has 2 heterocycles. The van der Waals surface area contributed by atoms with Gasteiger partial charge in [-0.2, -0.15) is 0 Å². The molecule has 7 nitrogen and oxygen atoms in total. The summed E-state index contributed by atoms with van der Waals surface area (Å²) in [6, 6.07) is 8.67. The third-order valence-corrected chi connectivity index (χ3v) is 4.50. The Kier molecular flexibility index (Phi) is 4.79. The molecule has 0 saturated heterocycles. The third kappa shape index (κ3) is 3.33. The van der Waals surface area contributed by atoms with Crippen LogP contribution in [0.2, 0.25) is 0 Å². The summed E-state index contributed by atoms with van der Waals surface area (Å²) in [6.45, 7) is 0.404. The van der Waals surface area contributed by atoms with Crippen molar-refractivity contribution in [3.63, 3.8) is 0 Å². The molecule has 7 heteroatoms. The van der Waals surface area contributed by atoms with Crippen molar-refractivity contribution in [2.24, 2.45) is 0 Å². The molecule has 1 aromatic heterocycles. The first-order valence-electron chi connectivity index (χ1n) is 8.29. The van der Waals surface area contributed by atoms with Gasteiger partial charge in [0.2, 0.25) is 5.91 Å². The first kappa shape index (κ1) is 17.7. The summed E-state index contributed by atoms with van der Waals surface area (Å²) < 4.78 is 6.61. The zero-order valence-electron chi connectivity index (χ0n) is 15.0. The van der Waals surface area contributed by atoms with E-state index in [4.69, 9.17) is 4.74 Å². The summed E-state index contributed by atoms with van der Waals surface area (Å²) in [4.78, 5) is 37.6. The number of aromatic nitrogens is 1. The van der Waals surface area contributed by atoms with Crippen molar-refractivity contribution in [3.05, 3.63) is 47.8 Å². The number of hydrogen-bond donors (Lipinski definition) is 1. The average Bonchev–Trinajstić information content (AvgIpc) is 3.10. The molecule has 1 aromatic carbocycles. The van der Waals surface area contributed by atoms with E-state index >= 15 is 0 Å². The highest BCUT2D eigenvalue weighted by Crippen LogP contribution is 2.29. The minimum absolute atomic E-state index is 0.0000348. The van der Waals surface area contributed by atoms with Crippen molar-refractivity contribution >= 4 is 17.8 Å². The average molecular weight is 355 g/mol. The predicted octanol–water partition coefficient (Wildman–Crippen LogP) is 1.70. The lowest BCUT2D eigenvalue weighted by atomic mass is 10.1. The Morgan fingerprint density at radius 3 is 2.73 bits per heavy atom. The number of ether oxygens (including phenoxy) is 1. The number of amides is 2. The van der Waals surface area contributed by atoms with Crippen LogP contribution in [0.1, 0.15) is 33.3 Å². The van der Waals surface area contributed by atoms with Crippen molar-refractivity contribution in [1.29, 1.82) is 0 Å². The highest BCUT2D eigenvalue weighted by atomic mass is 16.5. The van der Waals surface area contributed by atoms with Gasteiger partial charge in [0.1, 0.15) is 5.69 Å². The number of fused-ring (bicyclic) bond motifs is 1. The van der Waals surface area contributed by atoms with Crippen LogP contribution >= 0.6 is 0 Å². The Balaban J connectivity index is 1.96. The fourth-order valence-corrected chi connectivity index (χ4v) is 3.02. The highest BCUT2D eigenvalue weighted by Gasteiger charge is 2.28. The van der Waals surface area contributed by atoms with Crippen molar-refractivity contribution in [3.8, 4) is 11.1 Å². The second-order valence-corrected chi connectivity index (χ2v) is 6.45. The Morgan fingerprint density at radius 1 is 1.27 bits per heavy atom. The minimum atomic E-state index is -0.414. The van der Waals surface area contributed by atoms with E-state index in [2.05, 4.69) is 5.32 Å². The molecule has 2 aromatic rings. The topological polar surface area (TPSA) is 80.6 Å². The number of methoxy groups -OCH3 is 1. The van der Waals surface area contributed by atoms with Gasteiger partial charge in [0.25, 0.3) is 5.91 Å². The third-order valence-electron chi connectivity index (χ3n) is 4.50. The number of rotatable bonds is 4. The van der Waals surface area contributed by atoms with Crippen molar-refractivity contribution in [2.45, 2.75) is 12.5 Å². The largest absolute Gasteiger partial charge is 0.465 e. The van der Waals surface area contributed by atoms with E-state index in [1.807, 2.05) is 16.8 Å². The van der Waals surface area contributed by atoms with Gasteiger partial charge in [-0.25, -0.2) is 4.79 Å². The van der Waals surface area contributed by atoms with E-state index in [1.165, 1.54) is 7.11 Å². The maximum atomic E-state index is 12.2. The summed E-state index contributed by atoms with van der Waals surface area (Å²) in [6.07, 6.45) is 2.16. The number of nitrogens with zero attached hydrogens (tertiary/aromatic N) is 2. The Bertz CT molecular complexity index is 869. The Hall–Kier alpha value is -3.09. The van der Waals surface area contributed by atoms with Crippen LogP contribution in [0, 0.1) is 0 Å². The van der Waals surface area contributed by atoms with E-state index in [0.717, 1.165) is 11.1 Å². The van der Waals surface area contributed by atoms with Gasteiger partial charge in [-0.1, -0.05) is 12.1 Å². The molecule has 136 valence electrons. The second kappa shape index (κ2) is 7.03. The van der Waals surface area contributed by atoms with Gasteiger partial charge in [-0.05, 0) is 23.8 Å². The second-order valence-electron chi connectivity index (χ2n) is 6.45. The van der Waals surface area contributed by atoms with Gasteiger partial charge < -0.3 is 19.5 Å². The van der Waals surface area contributed by atoms with Gasteiger partial charge in [-0.3, -0.25) is 9.59 Å². The van der Waals surface area contributed by atoms with E-state index in [1.54, 1.807) is 43.3 Å². The number of hydrogen-bond acceptors (Lipinski definition) is 4. The Labute approximate surface area is 151 Å². The highest BCUT2D eigenvalue weighted by molar-refractivity contribution is 5.96. The fraction of sp³-hybridized carbons (Fsp3) is 0.316. The van der Waals surface area contributed by atoms with Crippen LogP contribution in [0.3, 0.4) is 0 Å². The number of benzene rings is 1. The van der Waals surface area contributed by atoms with Gasteiger partial charge in [-0.15, -0.1) is 0 Å². The minimum Gasteiger partial charge on any atom is -0.465 e. The molecule has 0 bridgehead atoms. The smallest absolute Gasteiger partial charge is 0.337 e. The van der Waals surface area contributed by atoms with Crippen molar-refractivity contribution in [2.75, 3.05) is 27.7 Å². The van der Waals surface area contributed by atoms with Crippen LogP contribution in [-0.4, -0.2) is 55.0 Å². The number of esters is 1. The first-order chi connectivity index (χ1) is 12.4. The summed E-state index contributed by atoms with van der Waals surface area (Å²) >= 11 is 0. The number of carbonyl (C=O) groups is 3. The lowest BCUT2D eigenvalue weighted by molar-refractivity contribution is -0.129. The molecule has 0 spiro atoms. The van der Waals surface area contributed by atoms with Crippen LogP contribution in [0.25, 0.3) is 11.1 Å². The molecular weight excluding hydrogens is 334 g/mol. The normalized spacial score (nSPS) is 15.8. The van der Waals surface area contributed by atoms with Crippen LogP contribution < -0.4 is 5.32 Å². The first-order valence-corrected chi connectivity index (χ1v) is 8.29. The van der Waals surface area contributed by atoms with Crippen LogP contribution in [-0.2, 0) is 9.53 Å². The molecule has 0 saturated carbocycles. The van der Waals surface area contributed by atoms with Crippen LogP contribution in [0.4, 0.5) is 0 Å². The summed E-state index contributed by atoms with van der Waals surface area (Å²) in [5.41, 5.74) is 2.56. The molecule has 1 aliphatic rings. The van der Waals surface area contributed by atoms with Crippen LogP contribution in [0.15, 0.2) is 36.5 Å². The van der Waals surface area contributed by atoms with E-state index in [9.17, 15) is 14.4 Å². The summed E-state index contributed by atoms with van der Waals surface area (Å²) in [7, 11) is 4.76. The van der Waals surface area contributed by atoms with Crippen molar-refractivity contribution in [1.82, 2.24) is 14.8 Å². The summed E-state index contributed by atoms with van der Waals surface area (Å²) in [5.74, 6) is -0.586. The van der Waals surface area contributed by atoms with Gasteiger partial charge >= 0.3 is 5.97 Å². The molecule has 0 aliphatic carbocycles.